The molecule has 2 rings (SSSR count). The zero-order valence-corrected chi connectivity index (χ0v) is 11.9. The summed E-state index contributed by atoms with van der Waals surface area (Å²) < 4.78 is 0. The maximum Gasteiger partial charge on any atom is 0.339 e. The molecule has 1 N–H and O–H groups in total. The van der Waals surface area contributed by atoms with Gasteiger partial charge in [0.2, 0.25) is 0 Å². The molecule has 1 aromatic rings. The Morgan fingerprint density at radius 1 is 1.43 bits per heavy atom. The number of anilines is 1. The van der Waals surface area contributed by atoms with Crippen LogP contribution in [0.5, 0.6) is 0 Å². The highest BCUT2D eigenvalue weighted by molar-refractivity contribution is 5.94. The third-order valence-corrected chi connectivity index (χ3v) is 3.51. The van der Waals surface area contributed by atoms with Crippen LogP contribution in [0.4, 0.5) is 11.5 Å². The second-order valence-corrected chi connectivity index (χ2v) is 4.96. The third kappa shape index (κ3) is 3.46. The number of rotatable bonds is 5. The number of piperazine rings is 1. The zero-order valence-electron chi connectivity index (χ0n) is 11.9. The van der Waals surface area contributed by atoms with Crippen molar-refractivity contribution in [2.75, 3.05) is 37.6 Å². The van der Waals surface area contributed by atoms with E-state index in [1.54, 1.807) is 0 Å². The average Bonchev–Trinajstić information content (AvgIpc) is 2.47. The number of aromatic carboxylic acids is 1. The van der Waals surface area contributed by atoms with Crippen LogP contribution in [0.1, 0.15) is 23.7 Å². The Morgan fingerprint density at radius 3 is 2.62 bits per heavy atom. The number of pyridine rings is 1. The molecule has 0 spiro atoms. The molecule has 0 unspecified atom stereocenters. The van der Waals surface area contributed by atoms with Crippen molar-refractivity contribution >= 4 is 17.5 Å². The van der Waals surface area contributed by atoms with Gasteiger partial charge in [-0.2, -0.15) is 0 Å². The molecule has 0 radical (unpaired) electrons. The fourth-order valence-corrected chi connectivity index (χ4v) is 2.46. The largest absolute Gasteiger partial charge is 0.478 e. The van der Waals surface area contributed by atoms with Gasteiger partial charge in [0.25, 0.3) is 5.69 Å². The lowest BCUT2D eigenvalue weighted by atomic mass is 10.2. The lowest BCUT2D eigenvalue weighted by Crippen LogP contribution is -2.47. The van der Waals surface area contributed by atoms with Crippen LogP contribution < -0.4 is 4.90 Å². The fourth-order valence-electron chi connectivity index (χ4n) is 2.46. The van der Waals surface area contributed by atoms with E-state index in [4.69, 9.17) is 0 Å². The molecule has 0 bridgehead atoms. The SMILES string of the molecule is CCCN1CCN(c2ncc([N+](=O)[O-])cc2C(=O)O)CC1. The molecule has 0 amide bonds. The number of carboxylic acid groups (broad SMARTS) is 1. The molecule has 8 nitrogen and oxygen atoms in total. The van der Waals surface area contributed by atoms with Crippen LogP contribution in [0.15, 0.2) is 12.3 Å². The zero-order chi connectivity index (χ0) is 15.4. The number of carbonyl (C=O) groups is 1. The van der Waals surface area contributed by atoms with Gasteiger partial charge in [-0.1, -0.05) is 6.92 Å². The number of nitrogens with zero attached hydrogens (tertiary/aromatic N) is 4. The number of hydrogen-bond donors (Lipinski definition) is 1. The Balaban J connectivity index is 2.20. The van der Waals surface area contributed by atoms with Crippen molar-refractivity contribution in [1.29, 1.82) is 0 Å². The molecule has 1 fully saturated rings. The van der Waals surface area contributed by atoms with Crippen LogP contribution in [0, 0.1) is 10.1 Å². The summed E-state index contributed by atoms with van der Waals surface area (Å²) in [5, 5.41) is 20.0. The Bertz CT molecular complexity index is 541. The maximum absolute atomic E-state index is 11.3. The highest BCUT2D eigenvalue weighted by Crippen LogP contribution is 2.23. The number of hydrogen-bond acceptors (Lipinski definition) is 6. The van der Waals surface area contributed by atoms with Crippen LogP contribution in [-0.4, -0.2) is 58.6 Å². The second-order valence-electron chi connectivity index (χ2n) is 4.96. The predicted molar refractivity (Wildman–Crippen MR) is 76.8 cm³/mol. The second kappa shape index (κ2) is 6.49. The fraction of sp³-hybridized carbons (Fsp3) is 0.538. The van der Waals surface area contributed by atoms with E-state index in [-0.39, 0.29) is 11.3 Å². The average molecular weight is 294 g/mol. The molecule has 1 aliphatic heterocycles. The van der Waals surface area contributed by atoms with Gasteiger partial charge in [-0.3, -0.25) is 15.0 Å². The summed E-state index contributed by atoms with van der Waals surface area (Å²) in [7, 11) is 0. The van der Waals surface area contributed by atoms with Crippen LogP contribution in [-0.2, 0) is 0 Å². The van der Waals surface area contributed by atoms with E-state index in [0.717, 1.165) is 38.3 Å². The molecule has 1 saturated heterocycles. The van der Waals surface area contributed by atoms with Crippen molar-refractivity contribution in [2.24, 2.45) is 0 Å². The molecule has 114 valence electrons. The predicted octanol–water partition coefficient (Wildman–Crippen LogP) is 1.22. The van der Waals surface area contributed by atoms with Gasteiger partial charge < -0.3 is 10.0 Å². The van der Waals surface area contributed by atoms with Gasteiger partial charge in [-0.05, 0) is 13.0 Å². The minimum absolute atomic E-state index is 0.117. The van der Waals surface area contributed by atoms with E-state index in [0.29, 0.717) is 18.9 Å². The van der Waals surface area contributed by atoms with Crippen molar-refractivity contribution < 1.29 is 14.8 Å². The Labute approximate surface area is 122 Å². The summed E-state index contributed by atoms with van der Waals surface area (Å²) in [6, 6.07) is 1.07. The van der Waals surface area contributed by atoms with Gasteiger partial charge in [0.1, 0.15) is 17.6 Å². The van der Waals surface area contributed by atoms with Crippen molar-refractivity contribution in [2.45, 2.75) is 13.3 Å². The molecule has 0 atom stereocenters. The van der Waals surface area contributed by atoms with Crippen molar-refractivity contribution in [3.05, 3.63) is 27.9 Å². The third-order valence-electron chi connectivity index (χ3n) is 3.51. The van der Waals surface area contributed by atoms with Crippen LogP contribution >= 0.6 is 0 Å². The highest BCUT2D eigenvalue weighted by atomic mass is 16.6. The van der Waals surface area contributed by atoms with Crippen LogP contribution in [0.2, 0.25) is 0 Å². The number of nitro groups is 1. The van der Waals surface area contributed by atoms with Gasteiger partial charge in [-0.15, -0.1) is 0 Å². The maximum atomic E-state index is 11.3. The van der Waals surface area contributed by atoms with Gasteiger partial charge in [0, 0.05) is 32.2 Å². The first kappa shape index (κ1) is 15.2. The van der Waals surface area contributed by atoms with Crippen molar-refractivity contribution in [3.8, 4) is 0 Å². The summed E-state index contributed by atoms with van der Waals surface area (Å²) in [6.45, 7) is 6.16. The topological polar surface area (TPSA) is 99.8 Å². The Kier molecular flexibility index (Phi) is 4.69. The Hall–Kier alpha value is -2.22. The van der Waals surface area contributed by atoms with Gasteiger partial charge in [-0.25, -0.2) is 9.78 Å². The van der Waals surface area contributed by atoms with E-state index in [9.17, 15) is 20.0 Å². The standard InChI is InChI=1S/C13H18N4O4/c1-2-3-15-4-6-16(7-5-15)12-11(13(18)19)8-10(9-14-12)17(20)21/h8-9H,2-7H2,1H3,(H,18,19). The first-order chi connectivity index (χ1) is 10.0. The van der Waals surface area contributed by atoms with Gasteiger partial charge in [0.05, 0.1) is 4.92 Å². The molecule has 2 heterocycles. The molecular formula is C13H18N4O4. The lowest BCUT2D eigenvalue weighted by molar-refractivity contribution is -0.385. The molecule has 0 aliphatic carbocycles. The minimum atomic E-state index is -1.20. The summed E-state index contributed by atoms with van der Waals surface area (Å²) in [6.07, 6.45) is 2.19. The molecule has 1 aromatic heterocycles. The molecular weight excluding hydrogens is 276 g/mol. The summed E-state index contributed by atoms with van der Waals surface area (Å²) in [5.41, 5.74) is -0.422. The van der Waals surface area contributed by atoms with E-state index < -0.39 is 10.9 Å². The van der Waals surface area contributed by atoms with Crippen molar-refractivity contribution in [1.82, 2.24) is 9.88 Å². The van der Waals surface area contributed by atoms with Gasteiger partial charge >= 0.3 is 5.97 Å². The quantitative estimate of drug-likeness (QED) is 0.643. The molecule has 8 heteroatoms. The highest BCUT2D eigenvalue weighted by Gasteiger charge is 2.24. The monoisotopic (exact) mass is 294 g/mol. The van der Waals surface area contributed by atoms with E-state index >= 15 is 0 Å². The Morgan fingerprint density at radius 2 is 2.10 bits per heavy atom. The lowest BCUT2D eigenvalue weighted by Gasteiger charge is -2.35. The molecule has 0 aromatic carbocycles. The van der Waals surface area contributed by atoms with E-state index in [1.807, 2.05) is 4.90 Å². The summed E-state index contributed by atoms with van der Waals surface area (Å²) >= 11 is 0. The summed E-state index contributed by atoms with van der Waals surface area (Å²) in [5.74, 6) is -0.888. The smallest absolute Gasteiger partial charge is 0.339 e. The normalized spacial score (nSPS) is 16.0. The van der Waals surface area contributed by atoms with Crippen molar-refractivity contribution in [3.63, 3.8) is 0 Å². The minimum Gasteiger partial charge on any atom is -0.478 e. The molecule has 0 saturated carbocycles. The van der Waals surface area contributed by atoms with E-state index in [2.05, 4.69) is 16.8 Å². The molecule has 21 heavy (non-hydrogen) atoms. The molecule has 1 aliphatic rings. The first-order valence-corrected chi connectivity index (χ1v) is 6.88. The number of carboxylic acids is 1. The number of aromatic nitrogens is 1. The summed E-state index contributed by atoms with van der Waals surface area (Å²) in [4.78, 5) is 29.6. The van der Waals surface area contributed by atoms with Crippen LogP contribution in [0.3, 0.4) is 0 Å². The van der Waals surface area contributed by atoms with Crippen LogP contribution in [0.25, 0.3) is 0 Å². The van der Waals surface area contributed by atoms with Gasteiger partial charge in [0.15, 0.2) is 0 Å². The first-order valence-electron chi connectivity index (χ1n) is 6.88. The van der Waals surface area contributed by atoms with E-state index in [1.165, 1.54) is 0 Å².